The minimum absolute atomic E-state index is 0.919. The zero-order valence-corrected chi connectivity index (χ0v) is 13.8. The number of unbranched alkanes of at least 4 members (excludes halogenated alkanes) is 6. The van der Waals surface area contributed by atoms with Gasteiger partial charge in [-0.3, -0.25) is 0 Å². The average Bonchev–Trinajstić information content (AvgIpc) is 2.42. The predicted octanol–water partition coefficient (Wildman–Crippen LogP) is 5.64. The van der Waals surface area contributed by atoms with Gasteiger partial charge in [0.25, 0.3) is 0 Å². The lowest BCUT2D eigenvalue weighted by molar-refractivity contribution is 0.0970. The van der Waals surface area contributed by atoms with Gasteiger partial charge in [-0.25, -0.2) is 0 Å². The van der Waals surface area contributed by atoms with Crippen molar-refractivity contribution in [2.45, 2.75) is 96.9 Å². The maximum absolute atomic E-state index is 2.56. The van der Waals surface area contributed by atoms with Crippen molar-refractivity contribution in [3.8, 4) is 0 Å². The van der Waals surface area contributed by atoms with E-state index >= 15 is 0 Å². The van der Waals surface area contributed by atoms with Crippen molar-refractivity contribution in [2.24, 2.45) is 5.92 Å². The van der Waals surface area contributed by atoms with Crippen molar-refractivity contribution < 1.29 is 0 Å². The molecule has 0 saturated carbocycles. The van der Waals surface area contributed by atoms with Crippen LogP contribution in [0.5, 0.6) is 0 Å². The summed E-state index contributed by atoms with van der Waals surface area (Å²) in [6, 6.07) is 0.919. The van der Waals surface area contributed by atoms with E-state index in [1.807, 2.05) is 0 Å². The zero-order valence-electron chi connectivity index (χ0n) is 13.8. The molecule has 1 nitrogen and oxygen atoms in total. The second kappa shape index (κ2) is 10.7. The standard InChI is InChI=1S/C18H37N/c1-4-6-8-10-12-17(13-11-9-7-5-2)16-18-14-15-19(18)3/h17-18H,4-16H2,1-3H3/t18-/m1/s1. The first-order valence-electron chi connectivity index (χ1n) is 8.98. The van der Waals surface area contributed by atoms with Crippen LogP contribution in [-0.4, -0.2) is 24.5 Å². The van der Waals surface area contributed by atoms with Crippen LogP contribution in [0, 0.1) is 5.92 Å². The molecule has 114 valence electrons. The van der Waals surface area contributed by atoms with Crippen molar-refractivity contribution in [1.82, 2.24) is 4.90 Å². The van der Waals surface area contributed by atoms with Crippen LogP contribution in [0.3, 0.4) is 0 Å². The highest BCUT2D eigenvalue weighted by molar-refractivity contribution is 4.82. The molecular formula is C18H37N. The van der Waals surface area contributed by atoms with E-state index in [-0.39, 0.29) is 0 Å². The molecule has 1 saturated heterocycles. The molecule has 1 aliphatic rings. The maximum Gasteiger partial charge on any atom is 0.0107 e. The Balaban J connectivity index is 2.17. The topological polar surface area (TPSA) is 3.24 Å². The highest BCUT2D eigenvalue weighted by atomic mass is 15.2. The summed E-state index contributed by atoms with van der Waals surface area (Å²) in [5, 5.41) is 0. The van der Waals surface area contributed by atoms with E-state index in [9.17, 15) is 0 Å². The van der Waals surface area contributed by atoms with Gasteiger partial charge < -0.3 is 4.90 Å². The fourth-order valence-electron chi connectivity index (χ4n) is 3.35. The summed E-state index contributed by atoms with van der Waals surface area (Å²) in [7, 11) is 2.30. The van der Waals surface area contributed by atoms with Gasteiger partial charge in [-0.15, -0.1) is 0 Å². The molecule has 19 heavy (non-hydrogen) atoms. The Kier molecular flexibility index (Phi) is 9.59. The molecule has 0 amide bonds. The monoisotopic (exact) mass is 267 g/mol. The molecule has 1 fully saturated rings. The summed E-state index contributed by atoms with van der Waals surface area (Å²) >= 11 is 0. The number of hydrogen-bond acceptors (Lipinski definition) is 1. The van der Waals surface area contributed by atoms with Gasteiger partial charge in [-0.2, -0.15) is 0 Å². The van der Waals surface area contributed by atoms with E-state index in [0.717, 1.165) is 12.0 Å². The Bertz CT molecular complexity index is 190. The second-order valence-corrected chi connectivity index (χ2v) is 6.72. The van der Waals surface area contributed by atoms with Crippen LogP contribution in [0.2, 0.25) is 0 Å². The van der Waals surface area contributed by atoms with Gasteiger partial charge in [0, 0.05) is 6.04 Å². The van der Waals surface area contributed by atoms with Crippen molar-refractivity contribution in [3.63, 3.8) is 0 Å². The second-order valence-electron chi connectivity index (χ2n) is 6.72. The smallest absolute Gasteiger partial charge is 0.0107 e. The van der Waals surface area contributed by atoms with Crippen molar-refractivity contribution in [1.29, 1.82) is 0 Å². The summed E-state index contributed by atoms with van der Waals surface area (Å²) in [5.74, 6) is 1.02. The fraction of sp³-hybridized carbons (Fsp3) is 1.00. The molecule has 0 N–H and O–H groups in total. The van der Waals surface area contributed by atoms with Crippen LogP contribution in [0.4, 0.5) is 0 Å². The van der Waals surface area contributed by atoms with Crippen LogP contribution in [0.15, 0.2) is 0 Å². The molecule has 0 bridgehead atoms. The molecule has 0 radical (unpaired) electrons. The molecule has 1 aliphatic heterocycles. The van der Waals surface area contributed by atoms with Crippen molar-refractivity contribution >= 4 is 0 Å². The largest absolute Gasteiger partial charge is 0.303 e. The minimum Gasteiger partial charge on any atom is -0.303 e. The molecule has 1 heteroatoms. The summed E-state index contributed by atoms with van der Waals surface area (Å²) in [6.07, 6.45) is 17.4. The third-order valence-electron chi connectivity index (χ3n) is 4.98. The lowest BCUT2D eigenvalue weighted by Gasteiger charge is -2.40. The van der Waals surface area contributed by atoms with Gasteiger partial charge in [0.2, 0.25) is 0 Å². The van der Waals surface area contributed by atoms with Gasteiger partial charge in [0.1, 0.15) is 0 Å². The SMILES string of the molecule is CCCCCCC(CCCCCC)C[C@H]1CCN1C. The molecule has 1 heterocycles. The molecule has 0 aromatic rings. The zero-order chi connectivity index (χ0) is 13.9. The number of nitrogens with zero attached hydrogens (tertiary/aromatic N) is 1. The van der Waals surface area contributed by atoms with Gasteiger partial charge >= 0.3 is 0 Å². The molecule has 0 aromatic heterocycles. The third kappa shape index (κ3) is 7.34. The van der Waals surface area contributed by atoms with E-state index in [1.165, 1.54) is 83.6 Å². The van der Waals surface area contributed by atoms with Gasteiger partial charge in [0.15, 0.2) is 0 Å². The third-order valence-corrected chi connectivity index (χ3v) is 4.98. The first kappa shape index (κ1) is 17.0. The Labute approximate surface area is 122 Å². The molecule has 0 aliphatic carbocycles. The Morgan fingerprint density at radius 1 is 0.895 bits per heavy atom. The summed E-state index contributed by atoms with van der Waals surface area (Å²) < 4.78 is 0. The number of hydrogen-bond donors (Lipinski definition) is 0. The van der Waals surface area contributed by atoms with Gasteiger partial charge in [0.05, 0.1) is 0 Å². The van der Waals surface area contributed by atoms with E-state index < -0.39 is 0 Å². The fourth-order valence-corrected chi connectivity index (χ4v) is 3.35. The predicted molar refractivity (Wildman–Crippen MR) is 86.7 cm³/mol. The summed E-state index contributed by atoms with van der Waals surface area (Å²) in [6.45, 7) is 5.96. The molecular weight excluding hydrogens is 230 g/mol. The first-order valence-corrected chi connectivity index (χ1v) is 8.98. The van der Waals surface area contributed by atoms with Crippen LogP contribution in [-0.2, 0) is 0 Å². The van der Waals surface area contributed by atoms with Gasteiger partial charge in [-0.05, 0) is 32.4 Å². The van der Waals surface area contributed by atoms with Gasteiger partial charge in [-0.1, -0.05) is 78.1 Å². The first-order chi connectivity index (χ1) is 9.27. The number of likely N-dealkylation sites (tertiary alicyclic amines) is 1. The van der Waals surface area contributed by atoms with Crippen LogP contribution >= 0.6 is 0 Å². The van der Waals surface area contributed by atoms with Crippen molar-refractivity contribution in [3.05, 3.63) is 0 Å². The van der Waals surface area contributed by atoms with Crippen LogP contribution in [0.25, 0.3) is 0 Å². The highest BCUT2D eigenvalue weighted by Crippen LogP contribution is 2.28. The van der Waals surface area contributed by atoms with E-state index in [2.05, 4.69) is 25.8 Å². The van der Waals surface area contributed by atoms with Crippen LogP contribution < -0.4 is 0 Å². The van der Waals surface area contributed by atoms with Crippen molar-refractivity contribution in [2.75, 3.05) is 13.6 Å². The van der Waals surface area contributed by atoms with E-state index in [1.54, 1.807) is 0 Å². The normalized spacial score (nSPS) is 19.9. The van der Waals surface area contributed by atoms with E-state index in [0.29, 0.717) is 0 Å². The highest BCUT2D eigenvalue weighted by Gasteiger charge is 2.26. The Morgan fingerprint density at radius 3 is 1.84 bits per heavy atom. The van der Waals surface area contributed by atoms with Crippen LogP contribution in [0.1, 0.15) is 90.9 Å². The van der Waals surface area contributed by atoms with E-state index in [4.69, 9.17) is 0 Å². The lowest BCUT2D eigenvalue weighted by atomic mass is 9.85. The quantitative estimate of drug-likeness (QED) is 0.414. The number of rotatable bonds is 12. The lowest BCUT2D eigenvalue weighted by Crippen LogP contribution is -2.45. The molecule has 0 spiro atoms. The molecule has 1 rings (SSSR count). The molecule has 0 unspecified atom stereocenters. The molecule has 1 atom stereocenters. The molecule has 0 aromatic carbocycles. The Morgan fingerprint density at radius 2 is 1.47 bits per heavy atom. The summed E-state index contributed by atoms with van der Waals surface area (Å²) in [4.78, 5) is 2.56. The Hall–Kier alpha value is -0.0400. The average molecular weight is 268 g/mol. The maximum atomic E-state index is 2.56. The minimum atomic E-state index is 0.919. The summed E-state index contributed by atoms with van der Waals surface area (Å²) in [5.41, 5.74) is 0.